The molecule has 55 heavy (non-hydrogen) atoms. The van der Waals surface area contributed by atoms with E-state index in [1.165, 1.54) is 54.8 Å². The molecule has 0 atom stereocenters. The van der Waals surface area contributed by atoms with Crippen LogP contribution in [-0.2, 0) is 0 Å². The number of rotatable bonds is 4. The number of hydrogen-bond donors (Lipinski definition) is 0. The van der Waals surface area contributed by atoms with Crippen molar-refractivity contribution < 1.29 is 8.83 Å². The molecular weight excluding hydrogens is 671 g/mol. The third-order valence-corrected chi connectivity index (χ3v) is 11.4. The summed E-state index contributed by atoms with van der Waals surface area (Å²) >= 11 is 0. The third-order valence-electron chi connectivity index (χ3n) is 11.4. The van der Waals surface area contributed by atoms with E-state index < -0.39 is 0 Å². The van der Waals surface area contributed by atoms with Gasteiger partial charge in [-0.3, -0.25) is 0 Å². The van der Waals surface area contributed by atoms with Gasteiger partial charge in [0.05, 0.1) is 11.0 Å². The first-order chi connectivity index (χ1) is 27.2. The molecule has 3 nitrogen and oxygen atoms in total. The van der Waals surface area contributed by atoms with Crippen molar-refractivity contribution in [1.29, 1.82) is 0 Å². The molecule has 0 aliphatic carbocycles. The second-order valence-electron chi connectivity index (χ2n) is 14.5. The van der Waals surface area contributed by atoms with Crippen LogP contribution >= 0.6 is 0 Å². The highest BCUT2D eigenvalue weighted by molar-refractivity contribution is 6.12. The van der Waals surface area contributed by atoms with Crippen molar-refractivity contribution >= 4 is 76.5 Å². The zero-order chi connectivity index (χ0) is 36.0. The summed E-state index contributed by atoms with van der Waals surface area (Å²) in [6.45, 7) is 0. The lowest BCUT2D eigenvalue weighted by Crippen LogP contribution is -1.93. The highest BCUT2D eigenvalue weighted by Gasteiger charge is 2.17. The fourth-order valence-electron chi connectivity index (χ4n) is 8.70. The second-order valence-corrected chi connectivity index (χ2v) is 14.5. The molecule has 0 bridgehead atoms. The molecule has 12 rings (SSSR count). The average Bonchev–Trinajstić information content (AvgIpc) is 3.92. The lowest BCUT2D eigenvalue weighted by atomic mass is 9.98. The van der Waals surface area contributed by atoms with E-state index >= 15 is 0 Å². The van der Waals surface area contributed by atoms with Crippen LogP contribution in [0.15, 0.2) is 197 Å². The van der Waals surface area contributed by atoms with Crippen molar-refractivity contribution in [2.24, 2.45) is 0 Å². The molecule has 256 valence electrons. The summed E-state index contributed by atoms with van der Waals surface area (Å²) in [6.07, 6.45) is 0. The molecule has 9 aromatic carbocycles. The van der Waals surface area contributed by atoms with Gasteiger partial charge in [0.1, 0.15) is 22.3 Å². The summed E-state index contributed by atoms with van der Waals surface area (Å²) in [5.74, 6) is 0. The summed E-state index contributed by atoms with van der Waals surface area (Å²) in [7, 11) is 0. The molecule has 0 unspecified atom stereocenters. The predicted octanol–water partition coefficient (Wildman–Crippen LogP) is 14.7. The fourth-order valence-corrected chi connectivity index (χ4v) is 8.70. The van der Waals surface area contributed by atoms with Crippen molar-refractivity contribution in [2.75, 3.05) is 0 Å². The smallest absolute Gasteiger partial charge is 0.143 e. The van der Waals surface area contributed by atoms with E-state index in [-0.39, 0.29) is 0 Å². The molecular formula is C52H31NO2. The third kappa shape index (κ3) is 4.63. The Kier molecular flexibility index (Phi) is 6.34. The molecule has 3 aromatic heterocycles. The number of aromatic nitrogens is 1. The van der Waals surface area contributed by atoms with Crippen LogP contribution < -0.4 is 0 Å². The van der Waals surface area contributed by atoms with Gasteiger partial charge in [-0.25, -0.2) is 0 Å². The first-order valence-corrected chi connectivity index (χ1v) is 18.7. The molecule has 0 fully saturated rings. The number of para-hydroxylation sites is 3. The maximum Gasteiger partial charge on any atom is 0.143 e. The minimum Gasteiger partial charge on any atom is -0.456 e. The SMILES string of the molecule is c1ccc2cc(-c3ccc4oc5ccc(-n6c7ccccc7c7cc(-c8ccc(-c9cccc%10c9oc9ccccc9%10)cc8)ccc76)cc5c4c3)ccc2c1. The van der Waals surface area contributed by atoms with Gasteiger partial charge in [-0.15, -0.1) is 0 Å². The van der Waals surface area contributed by atoms with E-state index in [2.05, 4.69) is 180 Å². The van der Waals surface area contributed by atoms with Crippen LogP contribution in [0.25, 0.3) is 116 Å². The minimum absolute atomic E-state index is 0.887. The molecule has 0 amide bonds. The van der Waals surface area contributed by atoms with Gasteiger partial charge in [0.25, 0.3) is 0 Å². The molecule has 0 saturated heterocycles. The van der Waals surface area contributed by atoms with Gasteiger partial charge in [0.15, 0.2) is 0 Å². The summed E-state index contributed by atoms with van der Waals surface area (Å²) in [5.41, 5.74) is 14.0. The molecule has 0 radical (unpaired) electrons. The van der Waals surface area contributed by atoms with E-state index in [1.807, 2.05) is 12.1 Å². The number of furan rings is 2. The highest BCUT2D eigenvalue weighted by Crippen LogP contribution is 2.40. The number of nitrogens with zero attached hydrogens (tertiary/aromatic N) is 1. The standard InChI is InChI=1S/C52H31NO2/c1-2-9-35-28-36(21-18-32(35)8-1)38-23-26-50-45(30-38)46-31-39(24-27-51(46)54-50)53-47-14-5-3-10-41(47)44-29-37(22-25-48(44)53)33-16-19-34(20-17-33)40-12-7-13-43-42-11-4-6-15-49(42)55-52(40)43/h1-31H. The summed E-state index contributed by atoms with van der Waals surface area (Å²) in [5, 5.41) is 9.44. The Bertz CT molecular complexity index is 3490. The first kappa shape index (κ1) is 30.1. The van der Waals surface area contributed by atoms with Gasteiger partial charge in [0.2, 0.25) is 0 Å². The second kappa shape index (κ2) is 11.6. The van der Waals surface area contributed by atoms with Gasteiger partial charge >= 0.3 is 0 Å². The zero-order valence-corrected chi connectivity index (χ0v) is 29.7. The zero-order valence-electron chi connectivity index (χ0n) is 29.7. The van der Waals surface area contributed by atoms with Crippen molar-refractivity contribution in [1.82, 2.24) is 4.57 Å². The lowest BCUT2D eigenvalue weighted by molar-refractivity contribution is 0.669. The van der Waals surface area contributed by atoms with Gasteiger partial charge in [-0.05, 0) is 99.3 Å². The van der Waals surface area contributed by atoms with E-state index in [9.17, 15) is 0 Å². The highest BCUT2D eigenvalue weighted by atomic mass is 16.3. The van der Waals surface area contributed by atoms with Crippen LogP contribution in [0, 0.1) is 0 Å². The van der Waals surface area contributed by atoms with Crippen LogP contribution in [0.3, 0.4) is 0 Å². The van der Waals surface area contributed by atoms with Crippen molar-refractivity contribution in [3.63, 3.8) is 0 Å². The van der Waals surface area contributed by atoms with E-state index in [0.29, 0.717) is 0 Å². The minimum atomic E-state index is 0.887. The van der Waals surface area contributed by atoms with E-state index in [4.69, 9.17) is 8.83 Å². The maximum absolute atomic E-state index is 6.38. The monoisotopic (exact) mass is 701 g/mol. The number of benzene rings is 9. The van der Waals surface area contributed by atoms with Gasteiger partial charge in [-0.1, -0.05) is 127 Å². The van der Waals surface area contributed by atoms with Crippen LogP contribution in [0.4, 0.5) is 0 Å². The van der Waals surface area contributed by atoms with Crippen molar-refractivity contribution in [3.8, 4) is 39.1 Å². The number of hydrogen-bond acceptors (Lipinski definition) is 2. The van der Waals surface area contributed by atoms with Crippen LogP contribution in [0.1, 0.15) is 0 Å². The Labute approximate surface area is 315 Å². The Balaban J connectivity index is 0.951. The fraction of sp³-hybridized carbons (Fsp3) is 0. The topological polar surface area (TPSA) is 31.2 Å². The van der Waals surface area contributed by atoms with E-state index in [1.54, 1.807) is 0 Å². The molecule has 3 heteroatoms. The Morgan fingerprint density at radius 3 is 1.82 bits per heavy atom. The molecule has 12 aromatic rings. The molecule has 0 aliphatic rings. The van der Waals surface area contributed by atoms with Crippen LogP contribution in [-0.4, -0.2) is 4.57 Å². The summed E-state index contributed by atoms with van der Waals surface area (Å²) < 4.78 is 15.1. The molecule has 0 aliphatic heterocycles. The van der Waals surface area contributed by atoms with Gasteiger partial charge in [-0.2, -0.15) is 0 Å². The molecule has 0 N–H and O–H groups in total. The maximum atomic E-state index is 6.38. The Morgan fingerprint density at radius 1 is 0.309 bits per heavy atom. The lowest BCUT2D eigenvalue weighted by Gasteiger charge is -2.09. The van der Waals surface area contributed by atoms with Crippen LogP contribution in [0.2, 0.25) is 0 Å². The quantitative estimate of drug-likeness (QED) is 0.183. The van der Waals surface area contributed by atoms with Gasteiger partial charge in [0, 0.05) is 43.6 Å². The Morgan fingerprint density at radius 2 is 0.909 bits per heavy atom. The number of fused-ring (bicyclic) bond motifs is 10. The molecule has 3 heterocycles. The van der Waals surface area contributed by atoms with Crippen molar-refractivity contribution in [3.05, 3.63) is 188 Å². The predicted molar refractivity (Wildman–Crippen MR) is 229 cm³/mol. The largest absolute Gasteiger partial charge is 0.456 e. The first-order valence-electron chi connectivity index (χ1n) is 18.7. The summed E-state index contributed by atoms with van der Waals surface area (Å²) in [6, 6.07) is 67.4. The Hall–Kier alpha value is -7.36. The average molecular weight is 702 g/mol. The summed E-state index contributed by atoms with van der Waals surface area (Å²) in [4.78, 5) is 0. The van der Waals surface area contributed by atoms with E-state index in [0.717, 1.165) is 60.7 Å². The molecule has 0 spiro atoms. The normalized spacial score (nSPS) is 12.0. The van der Waals surface area contributed by atoms with Crippen LogP contribution in [0.5, 0.6) is 0 Å². The van der Waals surface area contributed by atoms with Gasteiger partial charge < -0.3 is 13.4 Å². The molecule has 0 saturated carbocycles. The van der Waals surface area contributed by atoms with Crippen molar-refractivity contribution in [2.45, 2.75) is 0 Å².